The second-order valence-electron chi connectivity index (χ2n) is 5.40. The minimum absolute atomic E-state index is 0.0255. The number of nitrogens with zero attached hydrogens (tertiary/aromatic N) is 2. The van der Waals surface area contributed by atoms with Crippen LogP contribution in [0.15, 0.2) is 30.3 Å². The van der Waals surface area contributed by atoms with Gasteiger partial charge in [-0.15, -0.1) is 0 Å². The number of hydrogen-bond acceptors (Lipinski definition) is 4. The second-order valence-corrected chi connectivity index (χ2v) is 5.40. The molecule has 0 amide bonds. The SMILES string of the molecule is COC(=O)[C@@H](CC(=O)c1ccc(C)cc1)n1nc(C)cc1C. The Hall–Kier alpha value is -2.43. The van der Waals surface area contributed by atoms with E-state index in [2.05, 4.69) is 5.10 Å². The van der Waals surface area contributed by atoms with Crippen LogP contribution in [0.3, 0.4) is 0 Å². The van der Waals surface area contributed by atoms with Gasteiger partial charge in [0.15, 0.2) is 11.8 Å². The fourth-order valence-electron chi connectivity index (χ4n) is 2.40. The van der Waals surface area contributed by atoms with Gasteiger partial charge in [0.2, 0.25) is 0 Å². The highest BCUT2D eigenvalue weighted by Crippen LogP contribution is 2.19. The highest BCUT2D eigenvalue weighted by Gasteiger charge is 2.27. The summed E-state index contributed by atoms with van der Waals surface area (Å²) < 4.78 is 6.40. The fraction of sp³-hybridized carbons (Fsp3) is 0.353. The number of aryl methyl sites for hydroxylation is 3. The first kappa shape index (κ1) is 15.9. The van der Waals surface area contributed by atoms with Gasteiger partial charge >= 0.3 is 5.97 Å². The Labute approximate surface area is 129 Å². The van der Waals surface area contributed by atoms with Crippen LogP contribution in [0, 0.1) is 20.8 Å². The Kier molecular flexibility index (Phi) is 4.75. The molecule has 2 rings (SSSR count). The largest absolute Gasteiger partial charge is 0.467 e. The molecule has 5 nitrogen and oxygen atoms in total. The van der Waals surface area contributed by atoms with Gasteiger partial charge in [-0.05, 0) is 26.8 Å². The molecule has 0 radical (unpaired) electrons. The molecule has 0 spiro atoms. The van der Waals surface area contributed by atoms with E-state index in [1.807, 2.05) is 39.0 Å². The number of Topliss-reactive ketones (excluding diaryl/α,β-unsaturated/α-hetero) is 1. The highest BCUT2D eigenvalue weighted by molar-refractivity contribution is 5.98. The molecule has 0 fully saturated rings. The van der Waals surface area contributed by atoms with E-state index in [-0.39, 0.29) is 12.2 Å². The number of carbonyl (C=O) groups is 2. The lowest BCUT2D eigenvalue weighted by atomic mass is 10.0. The predicted octanol–water partition coefficient (Wildman–Crippen LogP) is 2.80. The molecule has 2 aromatic rings. The fourth-order valence-corrected chi connectivity index (χ4v) is 2.40. The zero-order valence-corrected chi connectivity index (χ0v) is 13.3. The third-order valence-corrected chi connectivity index (χ3v) is 3.57. The third-order valence-electron chi connectivity index (χ3n) is 3.57. The van der Waals surface area contributed by atoms with Gasteiger partial charge in [-0.2, -0.15) is 5.10 Å². The van der Waals surface area contributed by atoms with Crippen LogP contribution in [0.2, 0.25) is 0 Å². The average Bonchev–Trinajstić information content (AvgIpc) is 2.83. The number of aromatic nitrogens is 2. The van der Waals surface area contributed by atoms with Crippen LogP contribution < -0.4 is 0 Å². The lowest BCUT2D eigenvalue weighted by Gasteiger charge is -2.16. The predicted molar refractivity (Wildman–Crippen MR) is 82.9 cm³/mol. The summed E-state index contributed by atoms with van der Waals surface area (Å²) in [7, 11) is 1.32. The van der Waals surface area contributed by atoms with E-state index < -0.39 is 12.0 Å². The lowest BCUT2D eigenvalue weighted by Crippen LogP contribution is -2.25. The third kappa shape index (κ3) is 3.42. The number of esters is 1. The number of hydrogen-bond donors (Lipinski definition) is 0. The molecule has 0 aliphatic rings. The minimum Gasteiger partial charge on any atom is -0.467 e. The molecule has 116 valence electrons. The van der Waals surface area contributed by atoms with Gasteiger partial charge in [-0.1, -0.05) is 29.8 Å². The summed E-state index contributed by atoms with van der Waals surface area (Å²) in [4.78, 5) is 24.5. The molecule has 1 heterocycles. The summed E-state index contributed by atoms with van der Waals surface area (Å²) >= 11 is 0. The van der Waals surface area contributed by atoms with E-state index >= 15 is 0 Å². The first-order valence-corrected chi connectivity index (χ1v) is 7.13. The molecular weight excluding hydrogens is 280 g/mol. The number of ether oxygens (including phenoxy) is 1. The quantitative estimate of drug-likeness (QED) is 0.629. The van der Waals surface area contributed by atoms with Crippen molar-refractivity contribution in [3.8, 4) is 0 Å². The average molecular weight is 300 g/mol. The first-order valence-electron chi connectivity index (χ1n) is 7.13. The number of ketones is 1. The summed E-state index contributed by atoms with van der Waals surface area (Å²) in [6.45, 7) is 5.66. The van der Waals surface area contributed by atoms with Crippen molar-refractivity contribution in [1.82, 2.24) is 9.78 Å². The summed E-state index contributed by atoms with van der Waals surface area (Å²) in [5.41, 5.74) is 3.29. The summed E-state index contributed by atoms with van der Waals surface area (Å²) in [5, 5.41) is 4.30. The van der Waals surface area contributed by atoms with Crippen molar-refractivity contribution >= 4 is 11.8 Å². The number of methoxy groups -OCH3 is 1. The molecule has 0 aliphatic carbocycles. The van der Waals surface area contributed by atoms with Gasteiger partial charge in [0.1, 0.15) is 0 Å². The highest BCUT2D eigenvalue weighted by atomic mass is 16.5. The van der Waals surface area contributed by atoms with Crippen LogP contribution in [0.25, 0.3) is 0 Å². The van der Waals surface area contributed by atoms with Crippen molar-refractivity contribution in [2.45, 2.75) is 33.2 Å². The molecule has 0 bridgehead atoms. The Morgan fingerprint density at radius 3 is 2.32 bits per heavy atom. The molecule has 0 N–H and O–H groups in total. The van der Waals surface area contributed by atoms with E-state index in [0.29, 0.717) is 5.56 Å². The lowest BCUT2D eigenvalue weighted by molar-refractivity contribution is -0.144. The maximum Gasteiger partial charge on any atom is 0.331 e. The van der Waals surface area contributed by atoms with Gasteiger partial charge in [0.05, 0.1) is 12.8 Å². The van der Waals surface area contributed by atoms with Crippen molar-refractivity contribution in [2.75, 3.05) is 7.11 Å². The normalized spacial score (nSPS) is 12.0. The smallest absolute Gasteiger partial charge is 0.331 e. The van der Waals surface area contributed by atoms with Gasteiger partial charge in [0, 0.05) is 17.7 Å². The van der Waals surface area contributed by atoms with Crippen LogP contribution in [0.4, 0.5) is 0 Å². The Bertz CT molecular complexity index is 686. The van der Waals surface area contributed by atoms with Gasteiger partial charge < -0.3 is 4.74 Å². The summed E-state index contributed by atoms with van der Waals surface area (Å²) in [6, 6.07) is 8.42. The zero-order chi connectivity index (χ0) is 16.3. The summed E-state index contributed by atoms with van der Waals surface area (Å²) in [6.07, 6.45) is 0.0255. The van der Waals surface area contributed by atoms with E-state index in [1.165, 1.54) is 7.11 Å². The Morgan fingerprint density at radius 2 is 1.82 bits per heavy atom. The number of rotatable bonds is 5. The van der Waals surface area contributed by atoms with Crippen LogP contribution in [-0.2, 0) is 9.53 Å². The second kappa shape index (κ2) is 6.56. The van der Waals surface area contributed by atoms with Gasteiger partial charge in [0.25, 0.3) is 0 Å². The molecule has 22 heavy (non-hydrogen) atoms. The molecular formula is C17H20N2O3. The molecule has 1 atom stereocenters. The van der Waals surface area contributed by atoms with E-state index in [0.717, 1.165) is 17.0 Å². The molecule has 1 aromatic heterocycles. The maximum atomic E-state index is 12.4. The van der Waals surface area contributed by atoms with Crippen LogP contribution >= 0.6 is 0 Å². The standard InChI is InChI=1S/C17H20N2O3/c1-11-5-7-14(8-6-11)16(20)10-15(17(21)22-4)19-13(3)9-12(2)18-19/h5-9,15H,10H2,1-4H3/t15-/m1/s1. The molecule has 0 saturated heterocycles. The zero-order valence-electron chi connectivity index (χ0n) is 13.3. The van der Waals surface area contributed by atoms with Crippen LogP contribution in [0.5, 0.6) is 0 Å². The minimum atomic E-state index is -0.743. The van der Waals surface area contributed by atoms with E-state index in [9.17, 15) is 9.59 Å². The van der Waals surface area contributed by atoms with E-state index in [4.69, 9.17) is 4.74 Å². The molecule has 0 unspecified atom stereocenters. The molecule has 0 saturated carbocycles. The van der Waals surface area contributed by atoms with Crippen LogP contribution in [0.1, 0.15) is 39.8 Å². The monoisotopic (exact) mass is 300 g/mol. The number of carbonyl (C=O) groups excluding carboxylic acids is 2. The van der Waals surface area contributed by atoms with Crippen molar-refractivity contribution in [1.29, 1.82) is 0 Å². The maximum absolute atomic E-state index is 12.4. The first-order chi connectivity index (χ1) is 10.4. The molecule has 1 aromatic carbocycles. The van der Waals surface area contributed by atoms with Gasteiger partial charge in [-0.25, -0.2) is 4.79 Å². The number of benzene rings is 1. The van der Waals surface area contributed by atoms with Crippen LogP contribution in [-0.4, -0.2) is 28.6 Å². The Balaban J connectivity index is 2.27. The van der Waals surface area contributed by atoms with Crippen molar-refractivity contribution in [3.05, 3.63) is 52.8 Å². The van der Waals surface area contributed by atoms with Crippen molar-refractivity contribution in [3.63, 3.8) is 0 Å². The van der Waals surface area contributed by atoms with Crippen molar-refractivity contribution in [2.24, 2.45) is 0 Å². The van der Waals surface area contributed by atoms with Crippen molar-refractivity contribution < 1.29 is 14.3 Å². The molecule has 5 heteroatoms. The summed E-state index contributed by atoms with van der Waals surface area (Å²) in [5.74, 6) is -0.574. The molecule has 0 aliphatic heterocycles. The van der Waals surface area contributed by atoms with E-state index in [1.54, 1.807) is 16.8 Å². The Morgan fingerprint density at radius 1 is 1.18 bits per heavy atom. The van der Waals surface area contributed by atoms with Gasteiger partial charge in [-0.3, -0.25) is 9.48 Å². The topological polar surface area (TPSA) is 61.2 Å².